The van der Waals surface area contributed by atoms with Crippen molar-refractivity contribution in [2.45, 2.75) is 50.7 Å². The van der Waals surface area contributed by atoms with E-state index in [1.807, 2.05) is 24.3 Å². The van der Waals surface area contributed by atoms with Gasteiger partial charge in [-0.05, 0) is 56.5 Å². The summed E-state index contributed by atoms with van der Waals surface area (Å²) >= 11 is 0. The Labute approximate surface area is 145 Å². The molecule has 1 heterocycles. The Morgan fingerprint density at radius 2 is 2.00 bits per heavy atom. The van der Waals surface area contributed by atoms with E-state index in [9.17, 15) is 10.2 Å². The highest BCUT2D eigenvalue weighted by Crippen LogP contribution is 2.18. The number of likely N-dealkylation sites (tertiary alicyclic amines) is 1. The second-order valence-corrected chi connectivity index (χ2v) is 6.39. The van der Waals surface area contributed by atoms with Crippen LogP contribution in [0.15, 0.2) is 24.3 Å². The molecule has 1 aromatic carbocycles. The Kier molecular flexibility index (Phi) is 8.11. The van der Waals surface area contributed by atoms with Gasteiger partial charge in [-0.25, -0.2) is 0 Å². The average Bonchev–Trinajstić information content (AvgIpc) is 2.62. The molecule has 2 unspecified atom stereocenters. The summed E-state index contributed by atoms with van der Waals surface area (Å²) in [7, 11) is 1.66. The number of ether oxygens (including phenoxy) is 1. The molecule has 4 heteroatoms. The van der Waals surface area contributed by atoms with Crippen molar-refractivity contribution < 1.29 is 14.9 Å². The van der Waals surface area contributed by atoms with Gasteiger partial charge < -0.3 is 14.9 Å². The lowest BCUT2D eigenvalue weighted by molar-refractivity contribution is 0.0164. The first-order valence-electron chi connectivity index (χ1n) is 8.89. The number of piperidine rings is 1. The summed E-state index contributed by atoms with van der Waals surface area (Å²) in [5.41, 5.74) is 1.02. The van der Waals surface area contributed by atoms with Gasteiger partial charge in [0, 0.05) is 24.6 Å². The van der Waals surface area contributed by atoms with Crippen LogP contribution in [0.1, 0.15) is 44.1 Å². The van der Waals surface area contributed by atoms with Crippen molar-refractivity contribution in [2.24, 2.45) is 0 Å². The summed E-state index contributed by atoms with van der Waals surface area (Å²) < 4.78 is 5.13. The van der Waals surface area contributed by atoms with E-state index in [4.69, 9.17) is 4.74 Å². The van der Waals surface area contributed by atoms with Crippen molar-refractivity contribution >= 4 is 0 Å². The van der Waals surface area contributed by atoms with Gasteiger partial charge in [-0.2, -0.15) is 0 Å². The first kappa shape index (κ1) is 18.8. The number of aliphatic hydroxyl groups is 2. The molecule has 24 heavy (non-hydrogen) atoms. The molecule has 0 aromatic heterocycles. The van der Waals surface area contributed by atoms with Crippen LogP contribution in [0.4, 0.5) is 0 Å². The Bertz CT molecular complexity index is 532. The molecule has 0 spiro atoms. The van der Waals surface area contributed by atoms with Crippen molar-refractivity contribution in [3.05, 3.63) is 29.8 Å². The molecule has 0 aliphatic carbocycles. The number of hydrogen-bond donors (Lipinski definition) is 2. The van der Waals surface area contributed by atoms with E-state index in [1.165, 1.54) is 0 Å². The quantitative estimate of drug-likeness (QED) is 0.595. The number of nitrogens with zero attached hydrogens (tertiary/aromatic N) is 1. The van der Waals surface area contributed by atoms with Gasteiger partial charge in [-0.15, -0.1) is 0 Å². The van der Waals surface area contributed by atoms with Gasteiger partial charge in [0.2, 0.25) is 0 Å². The average molecular weight is 331 g/mol. The molecule has 2 N–H and O–H groups in total. The van der Waals surface area contributed by atoms with E-state index >= 15 is 0 Å². The van der Waals surface area contributed by atoms with Gasteiger partial charge in [0.05, 0.1) is 19.8 Å². The third-order valence-corrected chi connectivity index (χ3v) is 4.59. The molecule has 0 saturated carbocycles. The van der Waals surface area contributed by atoms with E-state index in [2.05, 4.69) is 16.7 Å². The number of hydrogen-bond acceptors (Lipinski definition) is 4. The zero-order valence-corrected chi connectivity index (χ0v) is 14.6. The fourth-order valence-corrected chi connectivity index (χ4v) is 3.11. The molecule has 1 aromatic rings. The highest BCUT2D eigenvalue weighted by Gasteiger charge is 2.25. The topological polar surface area (TPSA) is 52.9 Å². The van der Waals surface area contributed by atoms with Crippen molar-refractivity contribution in [1.29, 1.82) is 0 Å². The lowest BCUT2D eigenvalue weighted by atomic mass is 9.99. The summed E-state index contributed by atoms with van der Waals surface area (Å²) in [6.07, 6.45) is 5.56. The number of aliphatic hydroxyl groups excluding tert-OH is 2. The maximum atomic E-state index is 9.66. The predicted octanol–water partition coefficient (Wildman–Crippen LogP) is 2.42. The lowest BCUT2D eigenvalue weighted by Crippen LogP contribution is -2.46. The maximum absolute atomic E-state index is 9.66. The van der Waals surface area contributed by atoms with Crippen molar-refractivity contribution in [1.82, 2.24) is 4.90 Å². The molecule has 1 aliphatic heterocycles. The summed E-state index contributed by atoms with van der Waals surface area (Å²) in [5.74, 6) is 7.26. The first-order chi connectivity index (χ1) is 11.7. The third kappa shape index (κ3) is 6.16. The fraction of sp³-hybridized carbons (Fsp3) is 0.600. The number of unbranched alkanes of at least 4 members (excludes halogenated alkanes) is 3. The smallest absolute Gasteiger partial charge is 0.118 e. The second-order valence-electron chi connectivity index (χ2n) is 6.39. The highest BCUT2D eigenvalue weighted by atomic mass is 16.5. The SMILES string of the molecule is COc1ccc(C#CCCCCCN2CCC(O)CC2CO)cc1. The van der Waals surface area contributed by atoms with Crippen LogP contribution in [0.2, 0.25) is 0 Å². The summed E-state index contributed by atoms with van der Waals surface area (Å²) in [4.78, 5) is 2.32. The van der Waals surface area contributed by atoms with Gasteiger partial charge in [-0.3, -0.25) is 4.90 Å². The Balaban J connectivity index is 1.60. The summed E-state index contributed by atoms with van der Waals surface area (Å²) in [6, 6.07) is 7.94. The van der Waals surface area contributed by atoms with Crippen LogP contribution in [-0.2, 0) is 0 Å². The lowest BCUT2D eigenvalue weighted by Gasteiger charge is -2.36. The number of rotatable bonds is 7. The van der Waals surface area contributed by atoms with E-state index < -0.39 is 0 Å². The van der Waals surface area contributed by atoms with Crippen LogP contribution in [0.3, 0.4) is 0 Å². The minimum absolute atomic E-state index is 0.128. The molecule has 1 aliphatic rings. The Morgan fingerprint density at radius 3 is 2.71 bits per heavy atom. The molecule has 0 amide bonds. The van der Waals surface area contributed by atoms with E-state index in [1.54, 1.807) is 7.11 Å². The number of methoxy groups -OCH3 is 1. The Morgan fingerprint density at radius 1 is 1.21 bits per heavy atom. The van der Waals surface area contributed by atoms with Gasteiger partial charge in [-0.1, -0.05) is 18.3 Å². The van der Waals surface area contributed by atoms with Crippen molar-refractivity contribution in [3.8, 4) is 17.6 Å². The molecule has 2 rings (SSSR count). The van der Waals surface area contributed by atoms with E-state index in [0.29, 0.717) is 6.42 Å². The molecular weight excluding hydrogens is 302 g/mol. The highest BCUT2D eigenvalue weighted by molar-refractivity contribution is 5.38. The fourth-order valence-electron chi connectivity index (χ4n) is 3.11. The molecular formula is C20H29NO3. The van der Waals surface area contributed by atoms with Gasteiger partial charge in [0.15, 0.2) is 0 Å². The van der Waals surface area contributed by atoms with Crippen molar-refractivity contribution in [2.75, 3.05) is 26.8 Å². The minimum Gasteiger partial charge on any atom is -0.497 e. The van der Waals surface area contributed by atoms with E-state index in [0.717, 1.165) is 56.5 Å². The number of benzene rings is 1. The van der Waals surface area contributed by atoms with Gasteiger partial charge in [0.1, 0.15) is 5.75 Å². The first-order valence-corrected chi connectivity index (χ1v) is 8.89. The van der Waals surface area contributed by atoms with Crippen LogP contribution in [0.25, 0.3) is 0 Å². The van der Waals surface area contributed by atoms with Gasteiger partial charge >= 0.3 is 0 Å². The monoisotopic (exact) mass is 331 g/mol. The van der Waals surface area contributed by atoms with Crippen LogP contribution in [-0.4, -0.2) is 54.1 Å². The zero-order valence-electron chi connectivity index (χ0n) is 14.6. The second kappa shape index (κ2) is 10.4. The van der Waals surface area contributed by atoms with Crippen LogP contribution in [0.5, 0.6) is 5.75 Å². The molecule has 1 fully saturated rings. The normalized spacial score (nSPS) is 21.1. The predicted molar refractivity (Wildman–Crippen MR) is 96.0 cm³/mol. The molecule has 0 radical (unpaired) electrons. The molecule has 132 valence electrons. The summed E-state index contributed by atoms with van der Waals surface area (Å²) in [5, 5.41) is 19.1. The summed E-state index contributed by atoms with van der Waals surface area (Å²) in [6.45, 7) is 2.04. The largest absolute Gasteiger partial charge is 0.497 e. The zero-order chi connectivity index (χ0) is 17.2. The third-order valence-electron chi connectivity index (χ3n) is 4.59. The van der Waals surface area contributed by atoms with Crippen LogP contribution in [0, 0.1) is 11.8 Å². The Hall–Kier alpha value is -1.54. The van der Waals surface area contributed by atoms with Gasteiger partial charge in [0.25, 0.3) is 0 Å². The molecule has 1 saturated heterocycles. The molecule has 2 atom stereocenters. The van der Waals surface area contributed by atoms with E-state index in [-0.39, 0.29) is 18.8 Å². The maximum Gasteiger partial charge on any atom is 0.118 e. The molecule has 4 nitrogen and oxygen atoms in total. The van der Waals surface area contributed by atoms with Crippen molar-refractivity contribution in [3.63, 3.8) is 0 Å². The van der Waals surface area contributed by atoms with Crippen LogP contribution >= 0.6 is 0 Å². The standard InChI is InChI=1S/C20H29NO3/c1-24-20-10-8-17(9-11-20)7-5-3-2-4-6-13-21-14-12-19(23)15-18(21)16-22/h8-11,18-19,22-23H,2-4,6,12-16H2,1H3. The molecule has 0 bridgehead atoms. The van der Waals surface area contributed by atoms with Crippen LogP contribution < -0.4 is 4.74 Å². The minimum atomic E-state index is -0.244.